The lowest BCUT2D eigenvalue weighted by molar-refractivity contribution is 0.0760. The smallest absolute Gasteiger partial charge is 0.255 e. The zero-order valence-electron chi connectivity index (χ0n) is 15.4. The third-order valence-corrected chi connectivity index (χ3v) is 4.91. The molecule has 0 aliphatic carbocycles. The van der Waals surface area contributed by atoms with Crippen molar-refractivity contribution >= 4 is 11.7 Å². The maximum Gasteiger partial charge on any atom is 0.255 e. The Balaban J connectivity index is 1.58. The highest BCUT2D eigenvalue weighted by atomic mass is 16.5. The van der Waals surface area contributed by atoms with Gasteiger partial charge in [-0.15, -0.1) is 0 Å². The van der Waals surface area contributed by atoms with Crippen molar-refractivity contribution in [1.29, 1.82) is 0 Å². The molecule has 1 aliphatic rings. The minimum absolute atomic E-state index is 0.0784. The Morgan fingerprint density at radius 1 is 1.19 bits per heavy atom. The Morgan fingerprint density at radius 3 is 2.77 bits per heavy atom. The number of aromatic nitrogens is 1. The van der Waals surface area contributed by atoms with E-state index < -0.39 is 0 Å². The first-order chi connectivity index (χ1) is 12.8. The van der Waals surface area contributed by atoms with Gasteiger partial charge in [-0.05, 0) is 42.9 Å². The molecule has 26 heavy (non-hydrogen) atoms. The van der Waals surface area contributed by atoms with Crippen molar-refractivity contribution in [2.24, 2.45) is 0 Å². The standard InChI is InChI=1S/C21H27N3O2/c1-26-15-12-22-20-10-9-19(16-23-20)21(25)24-13-5-8-18(11-14-24)17-6-3-2-4-7-17/h2-4,6-7,9-10,16,18H,5,8,11-15H2,1H3,(H,22,23)/t18-/m1/s1. The summed E-state index contributed by atoms with van der Waals surface area (Å²) in [5.41, 5.74) is 2.04. The van der Waals surface area contributed by atoms with Crippen molar-refractivity contribution in [3.8, 4) is 0 Å². The molecular formula is C21H27N3O2. The van der Waals surface area contributed by atoms with Crippen LogP contribution in [0.3, 0.4) is 0 Å². The van der Waals surface area contributed by atoms with E-state index in [1.54, 1.807) is 13.3 Å². The van der Waals surface area contributed by atoms with Gasteiger partial charge in [-0.2, -0.15) is 0 Å². The van der Waals surface area contributed by atoms with Gasteiger partial charge >= 0.3 is 0 Å². The Kier molecular flexibility index (Phi) is 6.61. The molecule has 2 heterocycles. The van der Waals surface area contributed by atoms with Crippen molar-refractivity contribution in [1.82, 2.24) is 9.88 Å². The number of anilines is 1. The van der Waals surface area contributed by atoms with E-state index >= 15 is 0 Å². The highest BCUT2D eigenvalue weighted by Gasteiger charge is 2.22. The molecule has 138 valence electrons. The van der Waals surface area contributed by atoms with Crippen LogP contribution in [-0.2, 0) is 4.74 Å². The van der Waals surface area contributed by atoms with E-state index in [0.717, 1.165) is 38.2 Å². The van der Waals surface area contributed by atoms with Crippen LogP contribution < -0.4 is 5.32 Å². The van der Waals surface area contributed by atoms with Gasteiger partial charge in [0.05, 0.1) is 12.2 Å². The number of pyridine rings is 1. The minimum atomic E-state index is 0.0784. The summed E-state index contributed by atoms with van der Waals surface area (Å²) in [6.07, 6.45) is 4.85. The number of benzene rings is 1. The second-order valence-corrected chi connectivity index (χ2v) is 6.68. The Labute approximate surface area is 155 Å². The third kappa shape index (κ3) is 4.82. The molecule has 0 unspecified atom stereocenters. The summed E-state index contributed by atoms with van der Waals surface area (Å²) in [6, 6.07) is 14.3. The van der Waals surface area contributed by atoms with Gasteiger partial charge in [-0.1, -0.05) is 30.3 Å². The van der Waals surface area contributed by atoms with E-state index in [1.165, 1.54) is 5.56 Å². The van der Waals surface area contributed by atoms with Crippen LogP contribution in [0.5, 0.6) is 0 Å². The summed E-state index contributed by atoms with van der Waals surface area (Å²) >= 11 is 0. The largest absolute Gasteiger partial charge is 0.383 e. The number of likely N-dealkylation sites (tertiary alicyclic amines) is 1. The number of ether oxygens (including phenoxy) is 1. The van der Waals surface area contributed by atoms with Gasteiger partial charge in [0, 0.05) is 32.9 Å². The summed E-state index contributed by atoms with van der Waals surface area (Å²) in [5, 5.41) is 3.16. The van der Waals surface area contributed by atoms with Gasteiger partial charge in [-0.3, -0.25) is 4.79 Å². The lowest BCUT2D eigenvalue weighted by Gasteiger charge is -2.21. The van der Waals surface area contributed by atoms with Crippen molar-refractivity contribution in [2.75, 3.05) is 38.7 Å². The molecule has 3 rings (SSSR count). The number of nitrogens with zero attached hydrogens (tertiary/aromatic N) is 2. The minimum Gasteiger partial charge on any atom is -0.383 e. The molecule has 1 aliphatic heterocycles. The van der Waals surface area contributed by atoms with E-state index in [0.29, 0.717) is 24.6 Å². The number of hydrogen-bond donors (Lipinski definition) is 1. The van der Waals surface area contributed by atoms with Gasteiger partial charge in [0.1, 0.15) is 5.82 Å². The second kappa shape index (κ2) is 9.34. The number of amides is 1. The maximum atomic E-state index is 12.8. The Hall–Kier alpha value is -2.40. The lowest BCUT2D eigenvalue weighted by Crippen LogP contribution is -2.32. The number of rotatable bonds is 6. The highest BCUT2D eigenvalue weighted by Crippen LogP contribution is 2.28. The molecule has 0 spiro atoms. The monoisotopic (exact) mass is 353 g/mol. The topological polar surface area (TPSA) is 54.5 Å². The van der Waals surface area contributed by atoms with E-state index in [2.05, 4.69) is 40.6 Å². The maximum absolute atomic E-state index is 12.8. The normalized spacial score (nSPS) is 17.6. The van der Waals surface area contributed by atoms with Gasteiger partial charge in [0.25, 0.3) is 5.91 Å². The Bertz CT molecular complexity index is 688. The molecule has 0 radical (unpaired) electrons. The van der Waals surface area contributed by atoms with E-state index in [1.807, 2.05) is 17.0 Å². The van der Waals surface area contributed by atoms with Gasteiger partial charge in [-0.25, -0.2) is 4.98 Å². The second-order valence-electron chi connectivity index (χ2n) is 6.68. The molecule has 0 saturated carbocycles. The molecule has 1 saturated heterocycles. The average Bonchev–Trinajstić information content (AvgIpc) is 2.95. The summed E-state index contributed by atoms with van der Waals surface area (Å²) in [5.74, 6) is 1.38. The predicted octanol–water partition coefficient (Wildman–Crippen LogP) is 3.55. The van der Waals surface area contributed by atoms with Crippen molar-refractivity contribution in [3.63, 3.8) is 0 Å². The zero-order chi connectivity index (χ0) is 18.2. The average molecular weight is 353 g/mol. The molecule has 1 aromatic heterocycles. The van der Waals surface area contributed by atoms with Crippen LogP contribution >= 0.6 is 0 Å². The fourth-order valence-electron chi connectivity index (χ4n) is 3.45. The molecule has 1 atom stereocenters. The highest BCUT2D eigenvalue weighted by molar-refractivity contribution is 5.94. The summed E-state index contributed by atoms with van der Waals surface area (Å²) in [7, 11) is 1.67. The lowest BCUT2D eigenvalue weighted by atomic mass is 9.92. The van der Waals surface area contributed by atoms with Gasteiger partial charge in [0.2, 0.25) is 0 Å². The van der Waals surface area contributed by atoms with Crippen LogP contribution in [-0.4, -0.2) is 49.1 Å². The first-order valence-corrected chi connectivity index (χ1v) is 9.31. The summed E-state index contributed by atoms with van der Waals surface area (Å²) in [4.78, 5) is 19.1. The summed E-state index contributed by atoms with van der Waals surface area (Å²) < 4.78 is 5.01. The van der Waals surface area contributed by atoms with E-state index in [4.69, 9.17) is 4.74 Å². The van der Waals surface area contributed by atoms with Gasteiger partial charge in [0.15, 0.2) is 0 Å². The fourth-order valence-corrected chi connectivity index (χ4v) is 3.45. The first-order valence-electron chi connectivity index (χ1n) is 9.31. The molecule has 2 aromatic rings. The molecule has 1 aromatic carbocycles. The van der Waals surface area contributed by atoms with Crippen molar-refractivity contribution in [3.05, 3.63) is 59.8 Å². The Morgan fingerprint density at radius 2 is 2.04 bits per heavy atom. The van der Waals surface area contributed by atoms with Crippen LogP contribution in [0.15, 0.2) is 48.7 Å². The fraction of sp³-hybridized carbons (Fsp3) is 0.429. The van der Waals surface area contributed by atoms with E-state index in [-0.39, 0.29) is 5.91 Å². The molecule has 5 nitrogen and oxygen atoms in total. The summed E-state index contributed by atoms with van der Waals surface area (Å²) in [6.45, 7) is 2.94. The number of nitrogens with one attached hydrogen (secondary N) is 1. The SMILES string of the molecule is COCCNc1ccc(C(=O)N2CCC[C@@H](c3ccccc3)CC2)cn1. The molecule has 1 N–H and O–H groups in total. The van der Waals surface area contributed by atoms with Crippen LogP contribution in [0.4, 0.5) is 5.82 Å². The number of carbonyl (C=O) groups is 1. The van der Waals surface area contributed by atoms with Crippen molar-refractivity contribution in [2.45, 2.75) is 25.2 Å². The van der Waals surface area contributed by atoms with Crippen LogP contribution in [0.1, 0.15) is 41.1 Å². The molecule has 5 heteroatoms. The number of methoxy groups -OCH3 is 1. The van der Waals surface area contributed by atoms with Crippen molar-refractivity contribution < 1.29 is 9.53 Å². The van der Waals surface area contributed by atoms with Crippen LogP contribution in [0.25, 0.3) is 0 Å². The molecule has 1 amide bonds. The quantitative estimate of drug-likeness (QED) is 0.807. The third-order valence-electron chi connectivity index (χ3n) is 4.91. The predicted molar refractivity (Wildman–Crippen MR) is 104 cm³/mol. The zero-order valence-corrected chi connectivity index (χ0v) is 15.4. The molecule has 0 bridgehead atoms. The van der Waals surface area contributed by atoms with Crippen LogP contribution in [0.2, 0.25) is 0 Å². The van der Waals surface area contributed by atoms with Gasteiger partial charge < -0.3 is 15.0 Å². The molecular weight excluding hydrogens is 326 g/mol. The number of carbonyl (C=O) groups excluding carboxylic acids is 1. The van der Waals surface area contributed by atoms with Crippen LogP contribution in [0, 0.1) is 0 Å². The molecule has 1 fully saturated rings. The number of hydrogen-bond acceptors (Lipinski definition) is 4. The first kappa shape index (κ1) is 18.4. The van der Waals surface area contributed by atoms with E-state index in [9.17, 15) is 4.79 Å².